The second kappa shape index (κ2) is 9.25. The number of hydrogen-bond acceptors (Lipinski definition) is 9. The molecule has 0 aliphatic carbocycles. The maximum atomic E-state index is 11.6. The summed E-state index contributed by atoms with van der Waals surface area (Å²) in [5.41, 5.74) is 0.817. The Hall–Kier alpha value is -2.63. The quantitative estimate of drug-likeness (QED) is 0.140. The third-order valence-electron chi connectivity index (χ3n) is 4.75. The maximum Gasteiger partial charge on any atom is 0.305 e. The first-order valence-corrected chi connectivity index (χ1v) is 11.7. The first-order valence-electron chi connectivity index (χ1n) is 9.63. The van der Waals surface area contributed by atoms with Gasteiger partial charge in [-0.1, -0.05) is 0 Å². The number of rotatable bonds is 8. The zero-order valence-electron chi connectivity index (χ0n) is 16.5. The van der Waals surface area contributed by atoms with E-state index in [0.29, 0.717) is 31.8 Å². The van der Waals surface area contributed by atoms with Crippen LogP contribution in [0.25, 0.3) is 11.3 Å². The van der Waals surface area contributed by atoms with Gasteiger partial charge in [-0.25, -0.2) is 0 Å². The number of carbonyl (C=O) groups is 1. The summed E-state index contributed by atoms with van der Waals surface area (Å²) < 4.78 is 17.2. The van der Waals surface area contributed by atoms with Crippen LogP contribution in [0.1, 0.15) is 35.7 Å². The first kappa shape index (κ1) is 21.6. The molecule has 31 heavy (non-hydrogen) atoms. The summed E-state index contributed by atoms with van der Waals surface area (Å²) in [6.45, 7) is 2.82. The lowest BCUT2D eigenvalue weighted by atomic mass is 10.1. The van der Waals surface area contributed by atoms with Crippen molar-refractivity contribution in [3.8, 4) is 11.3 Å². The molecule has 1 aromatic carbocycles. The Morgan fingerprint density at radius 2 is 2.10 bits per heavy atom. The Balaban J connectivity index is 1.49. The van der Waals surface area contributed by atoms with Gasteiger partial charge in [0, 0.05) is 30.7 Å². The van der Waals surface area contributed by atoms with Gasteiger partial charge in [0.2, 0.25) is 0 Å². The summed E-state index contributed by atoms with van der Waals surface area (Å²) in [7, 11) is 0. The second-order valence-electron chi connectivity index (χ2n) is 6.75. The zero-order chi connectivity index (χ0) is 22.0. The number of fused-ring (bicyclic) bond motifs is 1. The van der Waals surface area contributed by atoms with E-state index in [1.54, 1.807) is 19.1 Å². The summed E-state index contributed by atoms with van der Waals surface area (Å²) in [5.74, 6) is 2.17. The smallest absolute Gasteiger partial charge is 0.305 e. The van der Waals surface area contributed by atoms with Crippen LogP contribution < -0.4 is 4.72 Å². The molecule has 0 amide bonds. The lowest BCUT2D eigenvalue weighted by Crippen LogP contribution is -2.07. The van der Waals surface area contributed by atoms with Crippen LogP contribution in [-0.4, -0.2) is 22.1 Å². The first-order chi connectivity index (χ1) is 15.0. The number of nitrogens with zero attached hydrogens (tertiary/aromatic N) is 2. The monoisotopic (exact) mass is 477 g/mol. The highest BCUT2D eigenvalue weighted by Gasteiger charge is 2.32. The maximum absolute atomic E-state index is 11.6. The van der Waals surface area contributed by atoms with Crippen LogP contribution in [0.15, 0.2) is 40.8 Å². The Morgan fingerprint density at radius 3 is 2.81 bits per heavy atom. The molecule has 0 saturated carbocycles. The number of nitro groups is 1. The van der Waals surface area contributed by atoms with E-state index in [4.69, 9.17) is 21.4 Å². The molecule has 1 N–H and O–H groups in total. The van der Waals surface area contributed by atoms with E-state index in [0.717, 1.165) is 26.0 Å². The zero-order valence-corrected chi connectivity index (χ0v) is 19.0. The van der Waals surface area contributed by atoms with Crippen molar-refractivity contribution in [3.05, 3.63) is 61.1 Å². The topological polar surface area (TPSA) is 99.5 Å². The average molecular weight is 478 g/mol. The van der Waals surface area contributed by atoms with Crippen LogP contribution in [0, 0.1) is 14.1 Å². The number of hydrogen-bond donors (Lipinski definition) is 1. The van der Waals surface area contributed by atoms with E-state index in [9.17, 15) is 14.9 Å². The van der Waals surface area contributed by atoms with Gasteiger partial charge in [-0.2, -0.15) is 0 Å². The molecule has 4 rings (SSSR count). The average Bonchev–Trinajstić information content (AvgIpc) is 3.45. The molecule has 0 saturated heterocycles. The lowest BCUT2D eigenvalue weighted by Gasteiger charge is -2.07. The van der Waals surface area contributed by atoms with Crippen molar-refractivity contribution >= 4 is 53.0 Å². The predicted molar refractivity (Wildman–Crippen MR) is 123 cm³/mol. The number of anilines is 1. The highest BCUT2D eigenvalue weighted by Crippen LogP contribution is 2.50. The number of carbonyl (C=O) groups excluding carboxylic acids is 1. The summed E-state index contributed by atoms with van der Waals surface area (Å²) >= 11 is 8.60. The minimum absolute atomic E-state index is 0.0415. The van der Waals surface area contributed by atoms with Crippen molar-refractivity contribution < 1.29 is 18.9 Å². The molecule has 3 aromatic rings. The molecule has 0 bridgehead atoms. The predicted octanol–water partition coefficient (Wildman–Crippen LogP) is 5.95. The third kappa shape index (κ3) is 4.53. The molecule has 8 nitrogen and oxygen atoms in total. The van der Waals surface area contributed by atoms with Gasteiger partial charge in [0.15, 0.2) is 3.95 Å². The lowest BCUT2D eigenvalue weighted by molar-refractivity contribution is -0.384. The van der Waals surface area contributed by atoms with Crippen LogP contribution in [-0.2, 0) is 16.1 Å². The molecule has 3 heterocycles. The van der Waals surface area contributed by atoms with E-state index >= 15 is 0 Å². The van der Waals surface area contributed by atoms with Gasteiger partial charge in [0.25, 0.3) is 5.69 Å². The molecule has 0 radical (unpaired) electrons. The van der Waals surface area contributed by atoms with Gasteiger partial charge in [-0.15, -0.1) is 11.3 Å². The van der Waals surface area contributed by atoms with Crippen LogP contribution in [0.4, 0.5) is 11.5 Å². The fourth-order valence-corrected chi connectivity index (χ4v) is 5.95. The SMILES string of the molecule is CCOC(=O)CCCn1c2c(sc1=S)C(c1ccc(-c3ccc([N+](=O)[O-])cc3)o1)SN2. The number of benzene rings is 1. The van der Waals surface area contributed by atoms with E-state index < -0.39 is 4.92 Å². The van der Waals surface area contributed by atoms with E-state index in [1.807, 2.05) is 16.7 Å². The van der Waals surface area contributed by atoms with Crippen molar-refractivity contribution in [2.24, 2.45) is 0 Å². The number of thiazole rings is 1. The Labute approximate surface area is 191 Å². The number of nitro benzene ring substituents is 1. The van der Waals surface area contributed by atoms with Gasteiger partial charge in [0.05, 0.1) is 16.4 Å². The molecule has 1 atom stereocenters. The molecule has 1 aliphatic heterocycles. The summed E-state index contributed by atoms with van der Waals surface area (Å²) in [4.78, 5) is 23.1. The number of furan rings is 1. The molecular weight excluding hydrogens is 458 g/mol. The van der Waals surface area contributed by atoms with Crippen LogP contribution in [0.3, 0.4) is 0 Å². The van der Waals surface area contributed by atoms with Crippen molar-refractivity contribution in [2.45, 2.75) is 31.6 Å². The molecule has 0 fully saturated rings. The normalized spacial score (nSPS) is 14.8. The number of non-ortho nitro benzene ring substituents is 1. The number of ether oxygens (including phenoxy) is 1. The van der Waals surface area contributed by atoms with Crippen molar-refractivity contribution in [2.75, 3.05) is 11.3 Å². The minimum Gasteiger partial charge on any atom is -0.466 e. The van der Waals surface area contributed by atoms with Gasteiger partial charge in [0.1, 0.15) is 22.6 Å². The number of nitrogens with one attached hydrogen (secondary N) is 1. The Morgan fingerprint density at radius 1 is 1.32 bits per heavy atom. The van der Waals surface area contributed by atoms with E-state index in [-0.39, 0.29) is 16.9 Å². The standard InChI is InChI=1S/C20H19N3O5S3/c1-2-27-16(24)4-3-11-22-19-18(30-20(22)29)17(31-21-19)15-10-9-14(28-15)12-5-7-13(8-6-12)23(25)26/h5-10,17,21H,2-4,11H2,1H3. The van der Waals surface area contributed by atoms with Crippen molar-refractivity contribution in [1.29, 1.82) is 0 Å². The third-order valence-corrected chi connectivity index (χ3v) is 7.43. The van der Waals surface area contributed by atoms with Gasteiger partial charge >= 0.3 is 5.97 Å². The highest BCUT2D eigenvalue weighted by atomic mass is 32.2. The van der Waals surface area contributed by atoms with Crippen molar-refractivity contribution in [3.63, 3.8) is 0 Å². The van der Waals surface area contributed by atoms with Gasteiger partial charge in [-0.3, -0.25) is 14.9 Å². The van der Waals surface area contributed by atoms with E-state index in [1.165, 1.54) is 35.4 Å². The van der Waals surface area contributed by atoms with Crippen LogP contribution >= 0.6 is 35.5 Å². The van der Waals surface area contributed by atoms with Gasteiger partial charge in [-0.05, 0) is 61.8 Å². The molecule has 0 spiro atoms. The van der Waals surface area contributed by atoms with Crippen LogP contribution in [0.2, 0.25) is 0 Å². The summed E-state index contributed by atoms with van der Waals surface area (Å²) in [6, 6.07) is 10.1. The van der Waals surface area contributed by atoms with E-state index in [2.05, 4.69) is 4.72 Å². The molecule has 162 valence electrons. The Kier molecular flexibility index (Phi) is 6.44. The van der Waals surface area contributed by atoms with Crippen LogP contribution in [0.5, 0.6) is 0 Å². The molecule has 1 unspecified atom stereocenters. The summed E-state index contributed by atoms with van der Waals surface area (Å²) in [6.07, 6.45) is 1.01. The molecule has 1 aliphatic rings. The molecular formula is C20H19N3O5S3. The largest absolute Gasteiger partial charge is 0.466 e. The fourth-order valence-electron chi connectivity index (χ4n) is 3.27. The minimum atomic E-state index is -0.426. The van der Waals surface area contributed by atoms with Gasteiger partial charge < -0.3 is 18.4 Å². The Bertz CT molecular complexity index is 1170. The fraction of sp³-hybridized carbons (Fsp3) is 0.300. The highest BCUT2D eigenvalue weighted by molar-refractivity contribution is 8.01. The number of aromatic nitrogens is 1. The summed E-state index contributed by atoms with van der Waals surface area (Å²) in [5, 5.41) is 10.8. The second-order valence-corrected chi connectivity index (χ2v) is 9.33. The van der Waals surface area contributed by atoms with Crippen molar-refractivity contribution in [1.82, 2.24) is 4.57 Å². The molecule has 11 heteroatoms. The number of esters is 1. The molecule has 2 aromatic heterocycles.